The van der Waals surface area contributed by atoms with Gasteiger partial charge in [0.05, 0.1) is 18.4 Å². The van der Waals surface area contributed by atoms with Crippen LogP contribution in [0, 0.1) is 17.3 Å². The predicted octanol–water partition coefficient (Wildman–Crippen LogP) is 1.74. The highest BCUT2D eigenvalue weighted by molar-refractivity contribution is 5.75. The van der Waals surface area contributed by atoms with Crippen molar-refractivity contribution in [3.63, 3.8) is 0 Å². The molecule has 0 aliphatic carbocycles. The van der Waals surface area contributed by atoms with E-state index in [2.05, 4.69) is 11.5 Å². The zero-order valence-electron chi connectivity index (χ0n) is 16.0. The number of nitrogens with zero attached hydrogens (tertiary/aromatic N) is 1. The summed E-state index contributed by atoms with van der Waals surface area (Å²) in [4.78, 5) is 29.2. The maximum Gasteiger partial charge on any atom is 0.311 e. The van der Waals surface area contributed by atoms with Gasteiger partial charge in [-0.2, -0.15) is 0 Å². The van der Waals surface area contributed by atoms with E-state index < -0.39 is 29.6 Å². The molecular formula is C18H31NO7. The van der Waals surface area contributed by atoms with E-state index in [1.165, 1.54) is 0 Å². The van der Waals surface area contributed by atoms with Gasteiger partial charge in [0, 0.05) is 12.6 Å². The minimum atomic E-state index is -1.13. The number of carboxylic acids is 1. The fourth-order valence-electron chi connectivity index (χ4n) is 3.24. The van der Waals surface area contributed by atoms with Gasteiger partial charge in [-0.05, 0) is 39.0 Å². The number of hydrogen-bond acceptors (Lipinski definition) is 7. The molecule has 8 heteroatoms. The standard InChI is InChI=1S/C18H31NO7/c1-6-18(4,5)17(23)25-10-15(20)19-8-13(11(2)3)12(7-16(21)22)14(19)9-26-24/h12-15,20,24H,2,6-10H2,1,3-5H3,(H,21,22). The lowest BCUT2D eigenvalue weighted by atomic mass is 9.84. The number of carbonyl (C=O) groups excluding carboxylic acids is 1. The molecule has 0 spiro atoms. The zero-order valence-corrected chi connectivity index (χ0v) is 16.0. The summed E-state index contributed by atoms with van der Waals surface area (Å²) >= 11 is 0. The van der Waals surface area contributed by atoms with Crippen LogP contribution in [0.4, 0.5) is 0 Å². The molecule has 0 aromatic heterocycles. The number of esters is 1. The molecule has 4 atom stereocenters. The fourth-order valence-corrected chi connectivity index (χ4v) is 3.24. The van der Waals surface area contributed by atoms with Crippen molar-refractivity contribution >= 4 is 11.9 Å². The summed E-state index contributed by atoms with van der Waals surface area (Å²) in [6.07, 6.45) is -0.671. The van der Waals surface area contributed by atoms with Gasteiger partial charge in [0.25, 0.3) is 0 Å². The van der Waals surface area contributed by atoms with Crippen molar-refractivity contribution in [2.45, 2.75) is 52.8 Å². The number of aliphatic hydroxyl groups is 1. The Morgan fingerprint density at radius 3 is 2.46 bits per heavy atom. The predicted molar refractivity (Wildman–Crippen MR) is 94.2 cm³/mol. The highest BCUT2D eigenvalue weighted by Crippen LogP contribution is 2.37. The molecule has 0 aromatic rings. The number of ether oxygens (including phenoxy) is 1. The van der Waals surface area contributed by atoms with E-state index >= 15 is 0 Å². The minimum absolute atomic E-state index is 0.141. The molecule has 8 nitrogen and oxygen atoms in total. The van der Waals surface area contributed by atoms with Crippen LogP contribution in [0.15, 0.2) is 12.2 Å². The van der Waals surface area contributed by atoms with Crippen molar-refractivity contribution in [1.29, 1.82) is 0 Å². The Labute approximate surface area is 154 Å². The Morgan fingerprint density at radius 1 is 1.38 bits per heavy atom. The first kappa shape index (κ1) is 22.6. The zero-order chi connectivity index (χ0) is 20.1. The van der Waals surface area contributed by atoms with Gasteiger partial charge in [-0.3, -0.25) is 19.7 Å². The number of aliphatic carboxylic acids is 1. The molecule has 1 heterocycles. The van der Waals surface area contributed by atoms with E-state index in [-0.39, 0.29) is 31.5 Å². The summed E-state index contributed by atoms with van der Waals surface area (Å²) in [6, 6.07) is -0.536. The molecule has 0 saturated carbocycles. The number of hydrogen-bond donors (Lipinski definition) is 3. The Hall–Kier alpha value is -1.48. The van der Waals surface area contributed by atoms with Gasteiger partial charge in [0.15, 0.2) is 0 Å². The Morgan fingerprint density at radius 2 is 2.00 bits per heavy atom. The number of likely N-dealkylation sites (tertiary alicyclic amines) is 1. The van der Waals surface area contributed by atoms with Gasteiger partial charge in [-0.15, -0.1) is 0 Å². The molecule has 3 N–H and O–H groups in total. The quantitative estimate of drug-likeness (QED) is 0.229. The molecule has 1 aliphatic heterocycles. The monoisotopic (exact) mass is 373 g/mol. The third-order valence-electron chi connectivity index (χ3n) is 5.32. The van der Waals surface area contributed by atoms with Crippen LogP contribution in [0.1, 0.15) is 40.5 Å². The maximum absolute atomic E-state index is 12.1. The summed E-state index contributed by atoms with van der Waals surface area (Å²) in [5.74, 6) is -1.94. The SMILES string of the molecule is C=C(C)C1CN(C(O)COC(=O)C(C)(C)CC)C(COO)C1CC(=O)O. The highest BCUT2D eigenvalue weighted by atomic mass is 17.1. The molecule has 1 fully saturated rings. The second kappa shape index (κ2) is 9.45. The van der Waals surface area contributed by atoms with Crippen LogP contribution in [0.5, 0.6) is 0 Å². The third kappa shape index (κ3) is 5.51. The Bertz CT molecular complexity index is 520. The molecule has 0 aromatic carbocycles. The number of carboxylic acid groups (broad SMARTS) is 1. The highest BCUT2D eigenvalue weighted by Gasteiger charge is 2.45. The number of rotatable bonds is 10. The molecule has 0 bridgehead atoms. The van der Waals surface area contributed by atoms with Gasteiger partial charge >= 0.3 is 11.9 Å². The van der Waals surface area contributed by atoms with Crippen molar-refractivity contribution < 1.29 is 34.7 Å². The molecule has 1 aliphatic rings. The fraction of sp³-hybridized carbons (Fsp3) is 0.778. The summed E-state index contributed by atoms with van der Waals surface area (Å²) in [5, 5.41) is 28.6. The molecule has 0 amide bonds. The average Bonchev–Trinajstić information content (AvgIpc) is 2.90. The second-order valence-corrected chi connectivity index (χ2v) is 7.59. The third-order valence-corrected chi connectivity index (χ3v) is 5.32. The van der Waals surface area contributed by atoms with E-state index in [1.54, 1.807) is 25.7 Å². The Balaban J connectivity index is 2.88. The molecule has 4 unspecified atom stereocenters. The largest absolute Gasteiger partial charge is 0.481 e. The molecular weight excluding hydrogens is 342 g/mol. The van der Waals surface area contributed by atoms with Crippen LogP contribution in [-0.2, 0) is 19.2 Å². The van der Waals surface area contributed by atoms with Crippen molar-refractivity contribution in [3.8, 4) is 0 Å². The lowest BCUT2D eigenvalue weighted by Crippen LogP contribution is -2.46. The van der Waals surface area contributed by atoms with Crippen molar-refractivity contribution in [2.24, 2.45) is 17.3 Å². The van der Waals surface area contributed by atoms with Crippen LogP contribution in [0.3, 0.4) is 0 Å². The second-order valence-electron chi connectivity index (χ2n) is 7.59. The molecule has 26 heavy (non-hydrogen) atoms. The number of aliphatic hydroxyl groups excluding tert-OH is 1. The minimum Gasteiger partial charge on any atom is -0.481 e. The first-order valence-electron chi connectivity index (χ1n) is 8.79. The molecule has 0 radical (unpaired) electrons. The smallest absolute Gasteiger partial charge is 0.311 e. The summed E-state index contributed by atoms with van der Waals surface area (Å²) < 4.78 is 5.24. The summed E-state index contributed by atoms with van der Waals surface area (Å²) in [7, 11) is 0. The molecule has 1 rings (SSSR count). The van der Waals surface area contributed by atoms with Crippen molar-refractivity contribution in [1.82, 2.24) is 4.90 Å². The lowest BCUT2D eigenvalue weighted by Gasteiger charge is -2.31. The van der Waals surface area contributed by atoms with Gasteiger partial charge in [-0.1, -0.05) is 19.1 Å². The van der Waals surface area contributed by atoms with Crippen molar-refractivity contribution in [2.75, 3.05) is 19.8 Å². The van der Waals surface area contributed by atoms with Crippen molar-refractivity contribution in [3.05, 3.63) is 12.2 Å². The van der Waals surface area contributed by atoms with E-state index in [9.17, 15) is 19.8 Å². The lowest BCUT2D eigenvalue weighted by molar-refractivity contribution is -0.256. The van der Waals surface area contributed by atoms with Gasteiger partial charge in [-0.25, -0.2) is 4.89 Å². The molecule has 150 valence electrons. The number of carbonyl (C=O) groups is 2. The van der Waals surface area contributed by atoms with Gasteiger partial charge in [0.1, 0.15) is 12.8 Å². The van der Waals surface area contributed by atoms with Crippen LogP contribution < -0.4 is 0 Å². The van der Waals surface area contributed by atoms with E-state index in [4.69, 9.17) is 9.99 Å². The normalized spacial score (nSPS) is 25.1. The first-order chi connectivity index (χ1) is 12.0. The van der Waals surface area contributed by atoms with Crippen LogP contribution >= 0.6 is 0 Å². The summed E-state index contributed by atoms with van der Waals surface area (Å²) in [6.45, 7) is 11.1. The first-order valence-corrected chi connectivity index (χ1v) is 8.79. The van der Waals surface area contributed by atoms with Crippen LogP contribution in [0.2, 0.25) is 0 Å². The maximum atomic E-state index is 12.1. The summed E-state index contributed by atoms with van der Waals surface area (Å²) in [5.41, 5.74) is 0.141. The van der Waals surface area contributed by atoms with Crippen LogP contribution in [-0.4, -0.2) is 64.3 Å². The Kier molecular flexibility index (Phi) is 8.20. The topological polar surface area (TPSA) is 117 Å². The van der Waals surface area contributed by atoms with E-state index in [0.717, 1.165) is 5.57 Å². The van der Waals surface area contributed by atoms with Gasteiger partial charge in [0.2, 0.25) is 0 Å². The average molecular weight is 373 g/mol. The van der Waals surface area contributed by atoms with Crippen LogP contribution in [0.25, 0.3) is 0 Å². The molecule has 1 saturated heterocycles. The van der Waals surface area contributed by atoms with E-state index in [1.807, 2.05) is 6.92 Å². The van der Waals surface area contributed by atoms with Gasteiger partial charge < -0.3 is 14.9 Å². The van der Waals surface area contributed by atoms with E-state index in [0.29, 0.717) is 13.0 Å².